The fourth-order valence-electron chi connectivity index (χ4n) is 3.07. The molecule has 3 N–H and O–H groups in total. The Labute approximate surface area is 189 Å². The number of carbonyl (C=O) groups is 1. The van der Waals surface area contributed by atoms with Gasteiger partial charge in [0.05, 0.1) is 21.3 Å². The van der Waals surface area contributed by atoms with E-state index in [1.807, 2.05) is 0 Å². The average molecular weight is 469 g/mol. The van der Waals surface area contributed by atoms with Crippen molar-refractivity contribution in [3.8, 4) is 0 Å². The summed E-state index contributed by atoms with van der Waals surface area (Å²) in [4.78, 5) is 13.2. The summed E-state index contributed by atoms with van der Waals surface area (Å²) < 4.78 is 26.9. The molecule has 4 rings (SSSR count). The van der Waals surface area contributed by atoms with Crippen LogP contribution in [0.15, 0.2) is 94.7 Å². The van der Waals surface area contributed by atoms with Gasteiger partial charge in [0.2, 0.25) is 15.6 Å². The largest absolute Gasteiger partial charge is 0.396 e. The molecule has 5 nitrogen and oxygen atoms in total. The number of halogens is 1. The van der Waals surface area contributed by atoms with Gasteiger partial charge in [-0.05, 0) is 24.3 Å². The highest BCUT2D eigenvalue weighted by Gasteiger charge is 2.31. The molecule has 0 amide bonds. The van der Waals surface area contributed by atoms with Crippen molar-refractivity contribution in [1.29, 1.82) is 0 Å². The summed E-state index contributed by atoms with van der Waals surface area (Å²) in [6.45, 7) is 0. The minimum atomic E-state index is -4.00. The van der Waals surface area contributed by atoms with Gasteiger partial charge in [-0.2, -0.15) is 0 Å². The molecule has 0 fully saturated rings. The maximum Gasteiger partial charge on any atom is 0.211 e. The molecule has 0 aliphatic carbocycles. The number of ketones is 1. The number of hydrogen-bond donors (Lipinski definition) is 2. The Balaban J connectivity index is 1.91. The maximum absolute atomic E-state index is 13.5. The van der Waals surface area contributed by atoms with Gasteiger partial charge in [-0.3, -0.25) is 4.79 Å². The summed E-state index contributed by atoms with van der Waals surface area (Å²) in [7, 11) is -4.00. The van der Waals surface area contributed by atoms with E-state index in [0.29, 0.717) is 16.3 Å². The van der Waals surface area contributed by atoms with E-state index in [1.165, 1.54) is 12.1 Å². The van der Waals surface area contributed by atoms with Crippen LogP contribution in [-0.2, 0) is 9.84 Å². The zero-order valence-corrected chi connectivity index (χ0v) is 18.5. The number of nitrogens with two attached hydrogens (primary N) is 1. The molecular weight excluding hydrogens is 452 g/mol. The summed E-state index contributed by atoms with van der Waals surface area (Å²) in [5.41, 5.74) is 7.14. The highest BCUT2D eigenvalue weighted by atomic mass is 35.5. The third kappa shape index (κ3) is 4.07. The highest BCUT2D eigenvalue weighted by molar-refractivity contribution is 7.92. The van der Waals surface area contributed by atoms with E-state index in [0.717, 1.165) is 11.3 Å². The van der Waals surface area contributed by atoms with Crippen LogP contribution in [0.5, 0.6) is 0 Å². The summed E-state index contributed by atoms with van der Waals surface area (Å²) in [6.07, 6.45) is 0. The quantitative estimate of drug-likeness (QED) is 0.349. The number of sulfone groups is 1. The van der Waals surface area contributed by atoms with E-state index in [-0.39, 0.29) is 31.1 Å². The van der Waals surface area contributed by atoms with Crippen LogP contribution in [0.3, 0.4) is 0 Å². The molecule has 4 aromatic rings. The van der Waals surface area contributed by atoms with Gasteiger partial charge in [0, 0.05) is 5.56 Å². The molecule has 8 heteroatoms. The zero-order chi connectivity index (χ0) is 22.0. The first-order valence-electron chi connectivity index (χ1n) is 9.23. The second-order valence-corrected chi connectivity index (χ2v) is 9.93. The van der Waals surface area contributed by atoms with Gasteiger partial charge in [0.1, 0.15) is 14.8 Å². The van der Waals surface area contributed by atoms with Gasteiger partial charge in [-0.1, -0.05) is 72.3 Å². The minimum Gasteiger partial charge on any atom is -0.396 e. The summed E-state index contributed by atoms with van der Waals surface area (Å²) in [5, 5.41) is 3.70. The summed E-state index contributed by atoms with van der Waals surface area (Å²) in [5.74, 6) is -0.347. The van der Waals surface area contributed by atoms with Crippen LogP contribution in [0.25, 0.3) is 0 Å². The Morgan fingerprint density at radius 1 is 0.871 bits per heavy atom. The maximum atomic E-state index is 13.5. The van der Waals surface area contributed by atoms with Crippen molar-refractivity contribution in [2.75, 3.05) is 11.1 Å². The second-order valence-electron chi connectivity index (χ2n) is 6.62. The van der Waals surface area contributed by atoms with Crippen molar-refractivity contribution in [2.45, 2.75) is 9.79 Å². The van der Waals surface area contributed by atoms with Gasteiger partial charge in [-0.25, -0.2) is 8.42 Å². The van der Waals surface area contributed by atoms with Gasteiger partial charge >= 0.3 is 0 Å². The average Bonchev–Trinajstić information content (AvgIpc) is 3.12. The molecule has 156 valence electrons. The third-order valence-electron chi connectivity index (χ3n) is 4.59. The topological polar surface area (TPSA) is 89.3 Å². The summed E-state index contributed by atoms with van der Waals surface area (Å²) in [6, 6.07) is 23.5. The molecule has 0 radical (unpaired) electrons. The molecule has 0 spiro atoms. The van der Waals surface area contributed by atoms with E-state index >= 15 is 0 Å². The standard InChI is InChI=1S/C23H17ClN2O3S2/c24-17-13-7-8-14-18(17)26-23-22(31(28,29)16-11-5-2-6-12-16)19(25)21(30-23)20(27)15-9-3-1-4-10-15/h1-14,26H,25H2. The number of thiophene rings is 1. The molecule has 0 saturated heterocycles. The Kier molecular flexibility index (Phi) is 5.82. The van der Waals surface area contributed by atoms with Crippen molar-refractivity contribution in [3.63, 3.8) is 0 Å². The lowest BCUT2D eigenvalue weighted by Crippen LogP contribution is -2.08. The molecular formula is C23H17ClN2O3S2. The van der Waals surface area contributed by atoms with Crippen LogP contribution in [0.4, 0.5) is 16.4 Å². The molecule has 0 aliphatic heterocycles. The Hall–Kier alpha value is -3.13. The van der Waals surface area contributed by atoms with Crippen molar-refractivity contribution in [2.24, 2.45) is 0 Å². The summed E-state index contributed by atoms with van der Waals surface area (Å²) >= 11 is 7.25. The fraction of sp³-hybridized carbons (Fsp3) is 0. The lowest BCUT2D eigenvalue weighted by atomic mass is 10.1. The number of benzene rings is 3. The van der Waals surface area contributed by atoms with E-state index in [4.69, 9.17) is 17.3 Å². The SMILES string of the molecule is Nc1c(C(=O)c2ccccc2)sc(Nc2ccccc2Cl)c1S(=O)(=O)c1ccccc1. The van der Waals surface area contributed by atoms with E-state index < -0.39 is 9.84 Å². The van der Waals surface area contributed by atoms with E-state index in [2.05, 4.69) is 5.32 Å². The molecule has 0 aliphatic rings. The van der Waals surface area contributed by atoms with Gasteiger partial charge in [-0.15, -0.1) is 11.3 Å². The molecule has 0 atom stereocenters. The van der Waals surface area contributed by atoms with Crippen molar-refractivity contribution in [3.05, 3.63) is 100 Å². The first-order chi connectivity index (χ1) is 14.9. The van der Waals surface area contributed by atoms with Gasteiger partial charge in [0.15, 0.2) is 0 Å². The smallest absolute Gasteiger partial charge is 0.211 e. The van der Waals surface area contributed by atoms with Gasteiger partial charge in [0.25, 0.3) is 0 Å². The number of carbonyl (C=O) groups excluding carboxylic acids is 1. The van der Waals surface area contributed by atoms with Crippen LogP contribution in [0.1, 0.15) is 15.2 Å². The lowest BCUT2D eigenvalue weighted by molar-refractivity contribution is 0.104. The van der Waals surface area contributed by atoms with E-state index in [1.54, 1.807) is 72.8 Å². The van der Waals surface area contributed by atoms with Crippen molar-refractivity contribution in [1.82, 2.24) is 0 Å². The third-order valence-corrected chi connectivity index (χ3v) is 8.02. The molecule has 1 heterocycles. The number of anilines is 3. The van der Waals surface area contributed by atoms with Crippen molar-refractivity contribution >= 4 is 54.9 Å². The van der Waals surface area contributed by atoms with Crippen LogP contribution in [0.2, 0.25) is 5.02 Å². The monoisotopic (exact) mass is 468 g/mol. The number of nitrogens with one attached hydrogen (secondary N) is 1. The Morgan fingerprint density at radius 2 is 1.45 bits per heavy atom. The van der Waals surface area contributed by atoms with Crippen LogP contribution >= 0.6 is 22.9 Å². The van der Waals surface area contributed by atoms with Crippen LogP contribution < -0.4 is 11.1 Å². The molecule has 0 saturated carbocycles. The molecule has 0 unspecified atom stereocenters. The second kappa shape index (κ2) is 8.55. The van der Waals surface area contributed by atoms with Crippen LogP contribution in [-0.4, -0.2) is 14.2 Å². The Bertz CT molecular complexity index is 1350. The first-order valence-corrected chi connectivity index (χ1v) is 11.9. The Morgan fingerprint density at radius 3 is 2.10 bits per heavy atom. The number of para-hydroxylation sites is 1. The minimum absolute atomic E-state index is 0.0837. The molecule has 1 aromatic heterocycles. The molecule has 0 bridgehead atoms. The number of rotatable bonds is 6. The molecule has 31 heavy (non-hydrogen) atoms. The lowest BCUT2D eigenvalue weighted by Gasteiger charge is -2.10. The van der Waals surface area contributed by atoms with Crippen LogP contribution in [0, 0.1) is 0 Å². The predicted octanol–water partition coefficient (Wildman–Crippen LogP) is 5.79. The van der Waals surface area contributed by atoms with Gasteiger partial charge < -0.3 is 11.1 Å². The predicted molar refractivity (Wildman–Crippen MR) is 125 cm³/mol. The number of nitrogen functional groups attached to an aromatic ring is 1. The highest BCUT2D eigenvalue weighted by Crippen LogP contribution is 2.44. The first kappa shape index (κ1) is 21.1. The fourth-order valence-corrected chi connectivity index (χ4v) is 6.20. The number of hydrogen-bond acceptors (Lipinski definition) is 6. The van der Waals surface area contributed by atoms with Crippen molar-refractivity contribution < 1.29 is 13.2 Å². The molecule has 3 aromatic carbocycles. The zero-order valence-electron chi connectivity index (χ0n) is 16.1. The van der Waals surface area contributed by atoms with E-state index in [9.17, 15) is 13.2 Å². The normalized spacial score (nSPS) is 11.3.